The molecule has 5 nitrogen and oxygen atoms in total. The van der Waals surface area contributed by atoms with Gasteiger partial charge in [-0.05, 0) is 50.5 Å². The minimum Gasteiger partial charge on any atom is -0.493 e. The second-order valence-electron chi connectivity index (χ2n) is 7.21. The number of esters is 1. The van der Waals surface area contributed by atoms with Crippen molar-refractivity contribution < 1.29 is 19.1 Å². The average Bonchev–Trinajstić information content (AvgIpc) is 3.17. The monoisotopic (exact) mass is 437 g/mol. The molecule has 0 bridgehead atoms. The van der Waals surface area contributed by atoms with E-state index in [0.717, 1.165) is 21.8 Å². The molecule has 2 aromatic carbocycles. The van der Waals surface area contributed by atoms with Gasteiger partial charge >= 0.3 is 5.97 Å². The van der Waals surface area contributed by atoms with Gasteiger partial charge in [0.1, 0.15) is 10.8 Å². The molecule has 0 unspecified atom stereocenters. The lowest BCUT2D eigenvalue weighted by Crippen LogP contribution is -2.15. The maximum atomic E-state index is 12.5. The van der Waals surface area contributed by atoms with Crippen LogP contribution in [0.25, 0.3) is 10.4 Å². The molecule has 0 saturated heterocycles. The van der Waals surface area contributed by atoms with E-state index in [2.05, 4.69) is 11.4 Å². The minimum atomic E-state index is -0.436. The van der Waals surface area contributed by atoms with E-state index in [1.54, 1.807) is 13.0 Å². The fourth-order valence-electron chi connectivity index (χ4n) is 3.15. The van der Waals surface area contributed by atoms with Gasteiger partial charge in [0.05, 0.1) is 18.8 Å². The number of nitrogens with one attached hydrogen (secondary N) is 1. The van der Waals surface area contributed by atoms with Gasteiger partial charge in [0.15, 0.2) is 0 Å². The third kappa shape index (κ3) is 6.18. The van der Waals surface area contributed by atoms with Crippen LogP contribution in [0, 0.1) is 13.8 Å². The molecule has 0 aliphatic carbocycles. The predicted molar refractivity (Wildman–Crippen MR) is 125 cm³/mol. The summed E-state index contributed by atoms with van der Waals surface area (Å²) in [6, 6.07) is 17.6. The van der Waals surface area contributed by atoms with Gasteiger partial charge in [-0.2, -0.15) is 0 Å². The van der Waals surface area contributed by atoms with Gasteiger partial charge in [-0.15, -0.1) is 11.3 Å². The van der Waals surface area contributed by atoms with Crippen LogP contribution >= 0.6 is 11.3 Å². The van der Waals surface area contributed by atoms with Crippen molar-refractivity contribution in [2.75, 3.05) is 18.5 Å². The molecule has 162 valence electrons. The van der Waals surface area contributed by atoms with E-state index in [0.29, 0.717) is 30.0 Å². The molecule has 0 aliphatic rings. The van der Waals surface area contributed by atoms with Crippen molar-refractivity contribution in [3.63, 3.8) is 0 Å². The zero-order valence-corrected chi connectivity index (χ0v) is 18.9. The van der Waals surface area contributed by atoms with Crippen molar-refractivity contribution >= 4 is 28.2 Å². The van der Waals surface area contributed by atoms with Crippen LogP contribution < -0.4 is 10.1 Å². The Bertz CT molecular complexity index is 1040. The van der Waals surface area contributed by atoms with Crippen LogP contribution in [0.5, 0.6) is 5.75 Å². The summed E-state index contributed by atoms with van der Waals surface area (Å²) in [5.41, 5.74) is 3.63. The second kappa shape index (κ2) is 10.8. The smallest absolute Gasteiger partial charge is 0.341 e. The van der Waals surface area contributed by atoms with E-state index in [4.69, 9.17) is 9.47 Å². The highest BCUT2D eigenvalue weighted by atomic mass is 32.1. The lowest BCUT2D eigenvalue weighted by Gasteiger charge is -2.10. The molecule has 0 radical (unpaired) electrons. The fourth-order valence-corrected chi connectivity index (χ4v) is 4.22. The number of amides is 1. The van der Waals surface area contributed by atoms with Gasteiger partial charge in [-0.3, -0.25) is 4.79 Å². The Morgan fingerprint density at radius 3 is 2.52 bits per heavy atom. The van der Waals surface area contributed by atoms with Gasteiger partial charge in [-0.1, -0.05) is 48.0 Å². The molecule has 1 amide bonds. The second-order valence-corrected chi connectivity index (χ2v) is 8.26. The van der Waals surface area contributed by atoms with E-state index in [1.807, 2.05) is 56.3 Å². The molecule has 0 atom stereocenters. The fraction of sp³-hybridized carbons (Fsp3) is 0.280. The first-order valence-corrected chi connectivity index (χ1v) is 11.2. The molecule has 0 spiro atoms. The van der Waals surface area contributed by atoms with Crippen molar-refractivity contribution in [2.24, 2.45) is 0 Å². The quantitative estimate of drug-likeness (QED) is 0.329. The van der Waals surface area contributed by atoms with Crippen LogP contribution in [0.15, 0.2) is 54.6 Å². The van der Waals surface area contributed by atoms with Crippen LogP contribution in [0.1, 0.15) is 41.3 Å². The molecular formula is C25H27NO4S. The zero-order valence-electron chi connectivity index (χ0n) is 18.1. The van der Waals surface area contributed by atoms with Crippen molar-refractivity contribution in [3.8, 4) is 16.2 Å². The molecule has 1 heterocycles. The SMILES string of the molecule is CCOC(=O)c1cc(-c2ccccc2)sc1NC(=O)CCCOc1ccc(C)cc1C. The summed E-state index contributed by atoms with van der Waals surface area (Å²) in [6.45, 7) is 6.53. The number of carbonyl (C=O) groups is 2. The number of hydrogen-bond donors (Lipinski definition) is 1. The first-order chi connectivity index (χ1) is 15.0. The van der Waals surface area contributed by atoms with E-state index in [9.17, 15) is 9.59 Å². The van der Waals surface area contributed by atoms with Crippen molar-refractivity contribution in [2.45, 2.75) is 33.6 Å². The molecule has 3 rings (SSSR count). The highest BCUT2D eigenvalue weighted by molar-refractivity contribution is 7.20. The standard InChI is InChI=1S/C25H27NO4S/c1-4-29-25(28)20-16-22(19-9-6-5-7-10-19)31-24(20)26-23(27)11-8-14-30-21-13-12-17(2)15-18(21)3/h5-7,9-10,12-13,15-16H,4,8,11,14H2,1-3H3,(H,26,27). The van der Waals surface area contributed by atoms with Gasteiger partial charge in [-0.25, -0.2) is 4.79 Å². The Balaban J connectivity index is 1.61. The van der Waals surface area contributed by atoms with Gasteiger partial charge < -0.3 is 14.8 Å². The third-order valence-electron chi connectivity index (χ3n) is 4.67. The highest BCUT2D eigenvalue weighted by Gasteiger charge is 2.19. The number of ether oxygens (including phenoxy) is 2. The highest BCUT2D eigenvalue weighted by Crippen LogP contribution is 2.36. The molecular weight excluding hydrogens is 410 g/mol. The Kier molecular flexibility index (Phi) is 7.84. The summed E-state index contributed by atoms with van der Waals surface area (Å²) in [6.07, 6.45) is 0.872. The predicted octanol–water partition coefficient (Wildman–Crippen LogP) is 6.01. The summed E-state index contributed by atoms with van der Waals surface area (Å²) < 4.78 is 11.0. The van der Waals surface area contributed by atoms with E-state index in [1.165, 1.54) is 16.9 Å². The van der Waals surface area contributed by atoms with Crippen LogP contribution in [-0.2, 0) is 9.53 Å². The van der Waals surface area contributed by atoms with Crippen molar-refractivity contribution in [3.05, 3.63) is 71.3 Å². The topological polar surface area (TPSA) is 64.6 Å². The first-order valence-electron chi connectivity index (χ1n) is 10.3. The Hall–Kier alpha value is -3.12. The summed E-state index contributed by atoms with van der Waals surface area (Å²) >= 11 is 1.37. The largest absolute Gasteiger partial charge is 0.493 e. The Morgan fingerprint density at radius 1 is 1.03 bits per heavy atom. The lowest BCUT2D eigenvalue weighted by molar-refractivity contribution is -0.116. The molecule has 31 heavy (non-hydrogen) atoms. The molecule has 1 N–H and O–H groups in total. The molecule has 3 aromatic rings. The van der Waals surface area contributed by atoms with Gasteiger partial charge in [0.25, 0.3) is 0 Å². The summed E-state index contributed by atoms with van der Waals surface area (Å²) in [5, 5.41) is 3.39. The number of benzene rings is 2. The van der Waals surface area contributed by atoms with Crippen LogP contribution in [0.2, 0.25) is 0 Å². The third-order valence-corrected chi connectivity index (χ3v) is 5.77. The molecule has 0 fully saturated rings. The Morgan fingerprint density at radius 2 is 1.81 bits per heavy atom. The number of rotatable bonds is 9. The maximum Gasteiger partial charge on any atom is 0.341 e. The lowest BCUT2D eigenvalue weighted by atomic mass is 10.1. The van der Waals surface area contributed by atoms with E-state index < -0.39 is 5.97 Å². The summed E-state index contributed by atoms with van der Waals surface area (Å²) in [7, 11) is 0. The minimum absolute atomic E-state index is 0.156. The Labute approximate surface area is 187 Å². The van der Waals surface area contributed by atoms with Gasteiger partial charge in [0, 0.05) is 11.3 Å². The number of anilines is 1. The van der Waals surface area contributed by atoms with Gasteiger partial charge in [0.2, 0.25) is 5.91 Å². The number of carbonyl (C=O) groups excluding carboxylic acids is 2. The maximum absolute atomic E-state index is 12.5. The summed E-state index contributed by atoms with van der Waals surface area (Å²) in [5.74, 6) is 0.243. The van der Waals surface area contributed by atoms with E-state index >= 15 is 0 Å². The van der Waals surface area contributed by atoms with Crippen LogP contribution in [0.4, 0.5) is 5.00 Å². The van der Waals surface area contributed by atoms with Crippen molar-refractivity contribution in [1.82, 2.24) is 0 Å². The molecule has 0 saturated carbocycles. The molecule has 0 aliphatic heterocycles. The zero-order chi connectivity index (χ0) is 22.2. The van der Waals surface area contributed by atoms with Crippen LogP contribution in [-0.4, -0.2) is 25.1 Å². The molecule has 6 heteroatoms. The number of aryl methyl sites for hydroxylation is 2. The van der Waals surface area contributed by atoms with Crippen molar-refractivity contribution in [1.29, 1.82) is 0 Å². The van der Waals surface area contributed by atoms with E-state index in [-0.39, 0.29) is 12.5 Å². The number of thiophene rings is 1. The number of hydrogen-bond acceptors (Lipinski definition) is 5. The summed E-state index contributed by atoms with van der Waals surface area (Å²) in [4.78, 5) is 25.8. The normalized spacial score (nSPS) is 10.5. The van der Waals surface area contributed by atoms with Crippen LogP contribution in [0.3, 0.4) is 0 Å². The first kappa shape index (κ1) is 22.6. The average molecular weight is 438 g/mol. The molecule has 1 aromatic heterocycles.